The van der Waals surface area contributed by atoms with Crippen LogP contribution >= 0.6 is 0 Å². The second-order valence-electron chi connectivity index (χ2n) is 6.34. The van der Waals surface area contributed by atoms with Gasteiger partial charge in [-0.15, -0.1) is 0 Å². The predicted octanol–water partition coefficient (Wildman–Crippen LogP) is 5.91. The molecule has 3 aromatic carbocycles. The molecule has 0 amide bonds. The topological polar surface area (TPSA) is 27.7 Å². The summed E-state index contributed by atoms with van der Waals surface area (Å²) in [5.41, 5.74) is 0. The van der Waals surface area contributed by atoms with E-state index in [1.54, 1.807) is 0 Å². The van der Waals surface area contributed by atoms with E-state index in [1.807, 2.05) is 0 Å². The summed E-state index contributed by atoms with van der Waals surface area (Å²) in [6.45, 7) is 0. The Morgan fingerprint density at radius 2 is 0.395 bits per heavy atom. The van der Waals surface area contributed by atoms with E-state index >= 15 is 0 Å². The molecule has 0 bridgehead atoms. The first-order chi connectivity index (χ1) is 17.1. The zero-order chi connectivity index (χ0) is 28.1. The second-order valence-corrected chi connectivity index (χ2v) is 6.34. The molecule has 0 spiro atoms. The van der Waals surface area contributed by atoms with Gasteiger partial charge in [-0.1, -0.05) is 0 Å². The summed E-state index contributed by atoms with van der Waals surface area (Å²) < 4.78 is 216. The smallest absolute Gasteiger partial charge is 0.484 e. The van der Waals surface area contributed by atoms with Crippen molar-refractivity contribution >= 4 is 36.9 Å². The van der Waals surface area contributed by atoms with Crippen LogP contribution in [0.15, 0.2) is 0 Å². The molecular formula is C18BF15NaO3. The molecule has 0 N–H and O–H groups in total. The Bertz CT molecular complexity index is 1180. The molecule has 0 heterocycles. The quantitative estimate of drug-likeness (QED) is 0.156. The molecule has 3 nitrogen and oxygen atoms in total. The van der Waals surface area contributed by atoms with Crippen LogP contribution < -0.4 is 14.0 Å². The fourth-order valence-electron chi connectivity index (χ4n) is 2.43. The molecular weight excluding hydrogens is 583 g/mol. The predicted molar refractivity (Wildman–Crippen MR) is 92.1 cm³/mol. The molecule has 0 atom stereocenters. The fraction of sp³-hybridized carbons (Fsp3) is 0. The Hall–Kier alpha value is -2.93. The average molecular weight is 583 g/mol. The van der Waals surface area contributed by atoms with Crippen molar-refractivity contribution in [1.29, 1.82) is 0 Å². The molecule has 0 saturated carbocycles. The Balaban J connectivity index is 0.00000507. The Morgan fingerprint density at radius 3 is 0.553 bits per heavy atom. The maximum Gasteiger partial charge on any atom is 0.864 e. The van der Waals surface area contributed by atoms with Crippen molar-refractivity contribution in [3.05, 3.63) is 87.3 Å². The van der Waals surface area contributed by atoms with Gasteiger partial charge in [-0.05, 0) is 0 Å². The third-order valence-electron chi connectivity index (χ3n) is 4.15. The van der Waals surface area contributed by atoms with Crippen molar-refractivity contribution in [2.75, 3.05) is 0 Å². The van der Waals surface area contributed by atoms with Crippen LogP contribution in [0.2, 0.25) is 0 Å². The molecule has 0 aliphatic rings. The molecule has 0 aromatic heterocycles. The van der Waals surface area contributed by atoms with Crippen molar-refractivity contribution in [1.82, 2.24) is 0 Å². The molecule has 0 aliphatic carbocycles. The van der Waals surface area contributed by atoms with Crippen LogP contribution in [0.25, 0.3) is 0 Å². The number of benzene rings is 3. The van der Waals surface area contributed by atoms with E-state index in [0.29, 0.717) is 0 Å². The minimum atomic E-state index is -3.75. The molecule has 1 radical (unpaired) electrons. The van der Waals surface area contributed by atoms with Crippen LogP contribution in [0.3, 0.4) is 0 Å². The molecule has 20 heteroatoms. The SMILES string of the molecule is Fc1c(F)c(F)c(OB(Oc2c(F)c(F)c(F)c(F)c2F)Oc2c(F)c(F)c(F)c(F)c2F)c(F)c1F.[Na]. The molecule has 38 heavy (non-hydrogen) atoms. The first-order valence-electron chi connectivity index (χ1n) is 8.65. The maximum atomic E-state index is 13.9. The van der Waals surface area contributed by atoms with Crippen molar-refractivity contribution in [3.63, 3.8) is 0 Å². The van der Waals surface area contributed by atoms with Crippen molar-refractivity contribution in [2.45, 2.75) is 0 Å². The minimum Gasteiger partial charge on any atom is -0.484 e. The van der Waals surface area contributed by atoms with Crippen LogP contribution in [0.1, 0.15) is 0 Å². The van der Waals surface area contributed by atoms with E-state index in [1.165, 1.54) is 0 Å². The second kappa shape index (κ2) is 11.4. The Labute approximate surface area is 221 Å². The van der Waals surface area contributed by atoms with Gasteiger partial charge in [-0.25, -0.2) is 39.5 Å². The first-order valence-corrected chi connectivity index (χ1v) is 8.65. The standard InChI is InChI=1S/C18BF15O3.Na/c20-1-4(23)10(29)16(11(30)5(1)24)35-19(36-17-12(31)6(25)2(21)7(26)13(17)32)37-18-14(33)8(27)3(22)9(28)15(18)34;. The van der Waals surface area contributed by atoms with E-state index in [2.05, 4.69) is 14.0 Å². The average Bonchev–Trinajstić information content (AvgIpc) is 2.88. The number of hydrogen-bond acceptors (Lipinski definition) is 3. The van der Waals surface area contributed by atoms with E-state index in [-0.39, 0.29) is 29.6 Å². The Morgan fingerprint density at radius 1 is 0.263 bits per heavy atom. The van der Waals surface area contributed by atoms with Crippen LogP contribution in [0, 0.1) is 87.3 Å². The fourth-order valence-corrected chi connectivity index (χ4v) is 2.43. The van der Waals surface area contributed by atoms with Crippen LogP contribution in [0.4, 0.5) is 65.9 Å². The molecule has 0 aliphatic heterocycles. The zero-order valence-electron chi connectivity index (χ0n) is 17.5. The first kappa shape index (κ1) is 31.3. The number of halogens is 15. The molecule has 3 rings (SSSR count). The van der Waals surface area contributed by atoms with Gasteiger partial charge < -0.3 is 14.0 Å². The summed E-state index contributed by atoms with van der Waals surface area (Å²) in [7, 11) is -3.75. The van der Waals surface area contributed by atoms with Gasteiger partial charge in [0.1, 0.15) is 0 Å². The number of hydrogen-bond donors (Lipinski definition) is 0. The third-order valence-corrected chi connectivity index (χ3v) is 4.15. The van der Waals surface area contributed by atoms with Gasteiger partial charge in [-0.2, -0.15) is 26.3 Å². The van der Waals surface area contributed by atoms with Gasteiger partial charge in [0, 0.05) is 29.6 Å². The van der Waals surface area contributed by atoms with Crippen molar-refractivity contribution in [3.8, 4) is 17.2 Å². The van der Waals surface area contributed by atoms with Crippen molar-refractivity contribution < 1.29 is 79.8 Å². The summed E-state index contributed by atoms with van der Waals surface area (Å²) in [4.78, 5) is 0. The van der Waals surface area contributed by atoms with E-state index in [0.717, 1.165) is 0 Å². The molecule has 199 valence electrons. The third kappa shape index (κ3) is 5.18. The molecule has 0 unspecified atom stereocenters. The number of rotatable bonds is 6. The maximum absolute atomic E-state index is 13.9. The minimum absolute atomic E-state index is 0. The van der Waals surface area contributed by atoms with Crippen LogP contribution in [-0.2, 0) is 0 Å². The monoisotopic (exact) mass is 583 g/mol. The normalized spacial score (nSPS) is 10.8. The van der Waals surface area contributed by atoms with Gasteiger partial charge in [0.15, 0.2) is 17.2 Å². The van der Waals surface area contributed by atoms with Crippen LogP contribution in [-0.4, -0.2) is 36.9 Å². The van der Waals surface area contributed by atoms with Crippen molar-refractivity contribution in [2.24, 2.45) is 0 Å². The molecule has 0 saturated heterocycles. The summed E-state index contributed by atoms with van der Waals surface area (Å²) in [6, 6.07) is 0. The summed E-state index contributed by atoms with van der Waals surface area (Å²) in [6.07, 6.45) is 0. The molecule has 3 aromatic rings. The van der Waals surface area contributed by atoms with E-state index in [4.69, 9.17) is 0 Å². The van der Waals surface area contributed by atoms with Gasteiger partial charge in [0.2, 0.25) is 87.3 Å². The Kier molecular flexibility index (Phi) is 9.42. The van der Waals surface area contributed by atoms with E-state index in [9.17, 15) is 65.9 Å². The zero-order valence-corrected chi connectivity index (χ0v) is 19.5. The molecule has 0 fully saturated rings. The van der Waals surface area contributed by atoms with E-state index < -0.39 is 112 Å². The largest absolute Gasteiger partial charge is 0.864 e. The summed E-state index contributed by atoms with van der Waals surface area (Å²) >= 11 is 0. The summed E-state index contributed by atoms with van der Waals surface area (Å²) in [5, 5.41) is 0. The van der Waals surface area contributed by atoms with Gasteiger partial charge in [0.25, 0.3) is 0 Å². The van der Waals surface area contributed by atoms with Gasteiger partial charge in [0.05, 0.1) is 0 Å². The summed E-state index contributed by atoms with van der Waals surface area (Å²) in [5.74, 6) is -50.0. The van der Waals surface area contributed by atoms with Crippen LogP contribution in [0.5, 0.6) is 17.2 Å². The van der Waals surface area contributed by atoms with Gasteiger partial charge in [-0.3, -0.25) is 0 Å². The van der Waals surface area contributed by atoms with Gasteiger partial charge >= 0.3 is 7.32 Å².